The van der Waals surface area contributed by atoms with Crippen LogP contribution in [0.15, 0.2) is 11.6 Å². The number of hydrogen-bond acceptors (Lipinski definition) is 1. The number of nitrogens with one attached hydrogen (secondary N) is 1. The second-order valence-corrected chi connectivity index (χ2v) is 3.77. The van der Waals surface area contributed by atoms with E-state index in [1.807, 2.05) is 0 Å². The van der Waals surface area contributed by atoms with Crippen LogP contribution in [-0.4, -0.2) is 13.1 Å². The first-order chi connectivity index (χ1) is 6.24. The van der Waals surface area contributed by atoms with Gasteiger partial charge in [0.1, 0.15) is 0 Å². The minimum absolute atomic E-state index is 0.781. The molecular formula is C12H25N. The lowest BCUT2D eigenvalue weighted by molar-refractivity contribution is 0.597. The maximum absolute atomic E-state index is 3.42. The Labute approximate surface area is 83.6 Å². The van der Waals surface area contributed by atoms with Gasteiger partial charge in [0.15, 0.2) is 0 Å². The molecule has 0 aromatic rings. The molecule has 0 aliphatic rings. The number of allylic oxidation sites excluding steroid dienone is 1. The summed E-state index contributed by atoms with van der Waals surface area (Å²) in [6, 6.07) is 0. The van der Waals surface area contributed by atoms with Gasteiger partial charge in [-0.25, -0.2) is 0 Å². The van der Waals surface area contributed by atoms with E-state index in [0.717, 1.165) is 19.0 Å². The largest absolute Gasteiger partial charge is 0.313 e. The third-order valence-corrected chi connectivity index (χ3v) is 2.40. The fourth-order valence-corrected chi connectivity index (χ4v) is 1.45. The highest BCUT2D eigenvalue weighted by Crippen LogP contribution is 2.11. The van der Waals surface area contributed by atoms with Crippen LogP contribution in [0.1, 0.15) is 47.0 Å². The highest BCUT2D eigenvalue weighted by molar-refractivity contribution is 5.02. The summed E-state index contributed by atoms with van der Waals surface area (Å²) in [5.41, 5.74) is 1.49. The zero-order valence-corrected chi connectivity index (χ0v) is 9.69. The summed E-state index contributed by atoms with van der Waals surface area (Å²) in [5.74, 6) is 0.781. The van der Waals surface area contributed by atoms with Crippen molar-refractivity contribution in [3.63, 3.8) is 0 Å². The van der Waals surface area contributed by atoms with Crippen molar-refractivity contribution in [2.75, 3.05) is 13.1 Å². The van der Waals surface area contributed by atoms with E-state index in [1.165, 1.54) is 24.8 Å². The van der Waals surface area contributed by atoms with Gasteiger partial charge in [0.25, 0.3) is 0 Å². The maximum Gasteiger partial charge on any atom is 0.0161 e. The summed E-state index contributed by atoms with van der Waals surface area (Å²) < 4.78 is 0. The van der Waals surface area contributed by atoms with Crippen LogP contribution in [0.4, 0.5) is 0 Å². The Hall–Kier alpha value is -0.300. The number of hydrogen-bond donors (Lipinski definition) is 1. The van der Waals surface area contributed by atoms with Gasteiger partial charge in [0.2, 0.25) is 0 Å². The second kappa shape index (κ2) is 8.31. The molecule has 0 spiro atoms. The van der Waals surface area contributed by atoms with Crippen LogP contribution in [0.2, 0.25) is 0 Å². The highest BCUT2D eigenvalue weighted by atomic mass is 14.8. The fourth-order valence-electron chi connectivity index (χ4n) is 1.45. The standard InChI is InChI=1S/C12H25N/c1-5-8-13-10-11(4)9-12(6-2)7-3/h9,12-13H,5-8,10H2,1-4H3. The maximum atomic E-state index is 3.42. The molecular weight excluding hydrogens is 158 g/mol. The zero-order valence-electron chi connectivity index (χ0n) is 9.69. The third kappa shape index (κ3) is 6.83. The molecule has 1 nitrogen and oxygen atoms in total. The van der Waals surface area contributed by atoms with Crippen molar-refractivity contribution in [1.82, 2.24) is 5.32 Å². The van der Waals surface area contributed by atoms with Crippen LogP contribution in [0.25, 0.3) is 0 Å². The molecule has 0 saturated heterocycles. The van der Waals surface area contributed by atoms with Crippen molar-refractivity contribution in [1.29, 1.82) is 0 Å². The molecule has 0 heterocycles. The van der Waals surface area contributed by atoms with Gasteiger partial charge in [-0.1, -0.05) is 32.4 Å². The van der Waals surface area contributed by atoms with Gasteiger partial charge < -0.3 is 5.32 Å². The molecule has 0 radical (unpaired) electrons. The van der Waals surface area contributed by atoms with E-state index in [4.69, 9.17) is 0 Å². The molecule has 13 heavy (non-hydrogen) atoms. The Balaban J connectivity index is 3.71. The van der Waals surface area contributed by atoms with Crippen LogP contribution in [0, 0.1) is 5.92 Å². The van der Waals surface area contributed by atoms with Crippen LogP contribution < -0.4 is 5.32 Å². The molecule has 0 saturated carbocycles. The van der Waals surface area contributed by atoms with E-state index in [0.29, 0.717) is 0 Å². The molecule has 0 bridgehead atoms. The monoisotopic (exact) mass is 183 g/mol. The van der Waals surface area contributed by atoms with Crippen LogP contribution >= 0.6 is 0 Å². The molecule has 0 aliphatic heterocycles. The van der Waals surface area contributed by atoms with Crippen molar-refractivity contribution in [2.24, 2.45) is 5.92 Å². The Morgan fingerprint density at radius 2 is 1.85 bits per heavy atom. The first-order valence-electron chi connectivity index (χ1n) is 5.62. The van der Waals surface area contributed by atoms with E-state index < -0.39 is 0 Å². The van der Waals surface area contributed by atoms with Crippen molar-refractivity contribution in [3.05, 3.63) is 11.6 Å². The van der Waals surface area contributed by atoms with Gasteiger partial charge in [-0.15, -0.1) is 0 Å². The summed E-state index contributed by atoms with van der Waals surface area (Å²) >= 11 is 0. The van der Waals surface area contributed by atoms with Gasteiger partial charge in [-0.05, 0) is 38.6 Å². The fraction of sp³-hybridized carbons (Fsp3) is 0.833. The summed E-state index contributed by atoms with van der Waals surface area (Å²) in [6.07, 6.45) is 6.17. The Morgan fingerprint density at radius 1 is 1.23 bits per heavy atom. The van der Waals surface area contributed by atoms with Gasteiger partial charge in [-0.2, -0.15) is 0 Å². The summed E-state index contributed by atoms with van der Waals surface area (Å²) in [7, 11) is 0. The van der Waals surface area contributed by atoms with E-state index in [2.05, 4.69) is 39.1 Å². The molecule has 0 atom stereocenters. The highest BCUT2D eigenvalue weighted by Gasteiger charge is 1.99. The molecule has 0 amide bonds. The molecule has 0 aromatic carbocycles. The normalized spacial score (nSPS) is 12.5. The van der Waals surface area contributed by atoms with E-state index in [-0.39, 0.29) is 0 Å². The average molecular weight is 183 g/mol. The van der Waals surface area contributed by atoms with Crippen molar-refractivity contribution >= 4 is 0 Å². The van der Waals surface area contributed by atoms with Gasteiger partial charge in [-0.3, -0.25) is 0 Å². The molecule has 0 unspecified atom stereocenters. The SMILES string of the molecule is CCCNCC(C)=CC(CC)CC. The molecule has 1 heteroatoms. The van der Waals surface area contributed by atoms with Gasteiger partial charge in [0, 0.05) is 6.54 Å². The predicted octanol–water partition coefficient (Wildman–Crippen LogP) is 3.37. The quantitative estimate of drug-likeness (QED) is 0.471. The van der Waals surface area contributed by atoms with Crippen molar-refractivity contribution < 1.29 is 0 Å². The lowest BCUT2D eigenvalue weighted by Gasteiger charge is -2.09. The lowest BCUT2D eigenvalue weighted by atomic mass is 10.0. The second-order valence-electron chi connectivity index (χ2n) is 3.77. The van der Waals surface area contributed by atoms with Gasteiger partial charge in [0.05, 0.1) is 0 Å². The molecule has 0 fully saturated rings. The Bertz CT molecular complexity index is 134. The summed E-state index contributed by atoms with van der Waals surface area (Å²) in [4.78, 5) is 0. The lowest BCUT2D eigenvalue weighted by Crippen LogP contribution is -2.17. The average Bonchev–Trinajstić information content (AvgIpc) is 2.14. The predicted molar refractivity (Wildman–Crippen MR) is 61.0 cm³/mol. The molecule has 0 aromatic heterocycles. The van der Waals surface area contributed by atoms with Crippen LogP contribution in [-0.2, 0) is 0 Å². The number of rotatable bonds is 7. The first kappa shape index (κ1) is 12.7. The minimum atomic E-state index is 0.781. The summed E-state index contributed by atoms with van der Waals surface area (Å²) in [6.45, 7) is 11.1. The summed E-state index contributed by atoms with van der Waals surface area (Å²) in [5, 5.41) is 3.42. The Kier molecular flexibility index (Phi) is 8.11. The molecule has 78 valence electrons. The molecule has 0 rings (SSSR count). The third-order valence-electron chi connectivity index (χ3n) is 2.40. The van der Waals surface area contributed by atoms with Crippen LogP contribution in [0.3, 0.4) is 0 Å². The molecule has 0 aliphatic carbocycles. The first-order valence-corrected chi connectivity index (χ1v) is 5.62. The molecule has 1 N–H and O–H groups in total. The smallest absolute Gasteiger partial charge is 0.0161 e. The van der Waals surface area contributed by atoms with E-state index >= 15 is 0 Å². The Morgan fingerprint density at radius 3 is 2.31 bits per heavy atom. The van der Waals surface area contributed by atoms with Crippen molar-refractivity contribution in [2.45, 2.75) is 47.0 Å². The zero-order chi connectivity index (χ0) is 10.1. The van der Waals surface area contributed by atoms with Crippen LogP contribution in [0.5, 0.6) is 0 Å². The van der Waals surface area contributed by atoms with Crippen molar-refractivity contribution in [3.8, 4) is 0 Å². The van der Waals surface area contributed by atoms with E-state index in [1.54, 1.807) is 0 Å². The van der Waals surface area contributed by atoms with E-state index in [9.17, 15) is 0 Å². The minimum Gasteiger partial charge on any atom is -0.313 e. The van der Waals surface area contributed by atoms with Gasteiger partial charge >= 0.3 is 0 Å². The topological polar surface area (TPSA) is 12.0 Å².